The summed E-state index contributed by atoms with van der Waals surface area (Å²) in [5, 5.41) is 20.6. The lowest BCUT2D eigenvalue weighted by Gasteiger charge is -2.47. The van der Waals surface area contributed by atoms with Crippen molar-refractivity contribution >= 4 is 62.9 Å². The van der Waals surface area contributed by atoms with Crippen LogP contribution in [0.25, 0.3) is 21.3 Å². The molecule has 4 aromatic carbocycles. The minimum Gasteiger partial charge on any atom is -0.495 e. The third kappa shape index (κ3) is 11.3. The van der Waals surface area contributed by atoms with Crippen molar-refractivity contribution in [1.29, 1.82) is 0 Å². The first kappa shape index (κ1) is 52.6. The number of hydrogen-bond donors (Lipinski definition) is 4. The summed E-state index contributed by atoms with van der Waals surface area (Å²) in [5.41, 5.74) is 8.38. The number of aryl methyl sites for hydroxylation is 1. The molecule has 3 saturated heterocycles. The van der Waals surface area contributed by atoms with Crippen molar-refractivity contribution in [2.75, 3.05) is 68.5 Å². The van der Waals surface area contributed by atoms with E-state index < -0.39 is 40.7 Å². The van der Waals surface area contributed by atoms with Crippen molar-refractivity contribution < 1.29 is 33.4 Å². The van der Waals surface area contributed by atoms with Crippen molar-refractivity contribution in [3.63, 3.8) is 0 Å². The van der Waals surface area contributed by atoms with Crippen LogP contribution in [0.5, 0.6) is 5.75 Å². The van der Waals surface area contributed by atoms with E-state index in [9.17, 15) is 28.7 Å². The first-order valence-corrected chi connectivity index (χ1v) is 27.4. The fraction of sp³-hybridized carbons (Fsp3) is 0.424. The molecule has 0 unspecified atom stereocenters. The number of carbonyl (C=O) groups is 4. The Morgan fingerprint density at radius 2 is 1.49 bits per heavy atom. The Kier molecular flexibility index (Phi) is 15.3. The molecule has 15 nitrogen and oxygen atoms in total. The number of nitrogens with zero attached hydrogens (tertiary/aromatic N) is 6. The number of likely N-dealkylation sites (tertiary alicyclic amines) is 2. The van der Waals surface area contributed by atoms with Gasteiger partial charge in [0.2, 0.25) is 23.6 Å². The van der Waals surface area contributed by atoms with Gasteiger partial charge in [0.25, 0.3) is 0 Å². The lowest BCUT2D eigenvalue weighted by molar-refractivity contribution is -0.147. The van der Waals surface area contributed by atoms with E-state index in [1.807, 2.05) is 73.2 Å². The standard InChI is InChI=1S/C59H68FN9O6S/c1-37-52(76-36-63-37)40-10-6-39(7-11-40)34-62-54(71)50-31-46(70)35-69(50)55(72)53(58(2,3)4)68-24-19-45(20-25-68)66-26-28-67(29-27-66)49-33-48-47(32-51(49)75-5)41(18-23-61-48)30-38-8-14-43(15-9-38)64-56(73)59(21-22-59)57(74)65-44-16-12-42(60)13-17-44/h6-18,23,32-33,36,45-46,50,53,70H,19-22,24-31,34-35H2,1-5H3,(H,62,71)(H,64,73)(H,65,74)/t46-,50+,53-/m1/s1. The SMILES string of the molecule is COc1cc2c(Cc3ccc(NC(=O)C4(C(=O)Nc5ccc(F)cc5)CC4)cc3)ccnc2cc1N1CCN(C2CCN([C@H](C(=O)N3C[C@H](O)C[C@H]3C(=O)NCc3ccc(-c4scnc4C)cc3)C(C)(C)C)CC2)CC1. The quantitative estimate of drug-likeness (QED) is 0.0734. The zero-order chi connectivity index (χ0) is 53.3. The van der Waals surface area contributed by atoms with Crippen molar-refractivity contribution in [3.05, 3.63) is 131 Å². The van der Waals surface area contributed by atoms with Crippen molar-refractivity contribution in [3.8, 4) is 16.2 Å². The van der Waals surface area contributed by atoms with Gasteiger partial charge in [-0.05, 0) is 121 Å². The van der Waals surface area contributed by atoms with E-state index in [0.29, 0.717) is 43.2 Å². The summed E-state index contributed by atoms with van der Waals surface area (Å²) in [4.78, 5) is 74.0. The van der Waals surface area contributed by atoms with Gasteiger partial charge in [-0.2, -0.15) is 0 Å². The predicted octanol–water partition coefficient (Wildman–Crippen LogP) is 8.04. The van der Waals surface area contributed by atoms with Gasteiger partial charge in [0.15, 0.2) is 0 Å². The summed E-state index contributed by atoms with van der Waals surface area (Å²) < 4.78 is 19.4. The van der Waals surface area contributed by atoms with Crippen LogP contribution in [-0.2, 0) is 32.1 Å². The number of aromatic nitrogens is 2. The molecule has 1 saturated carbocycles. The van der Waals surface area contributed by atoms with Crippen LogP contribution in [0.1, 0.15) is 75.3 Å². The van der Waals surface area contributed by atoms with Crippen LogP contribution < -0.4 is 25.6 Å². The Hall–Kier alpha value is -6.79. The molecule has 5 heterocycles. The summed E-state index contributed by atoms with van der Waals surface area (Å²) in [6.45, 7) is 13.7. The maximum Gasteiger partial charge on any atom is 0.243 e. The molecule has 0 radical (unpaired) electrons. The molecule has 17 heteroatoms. The largest absolute Gasteiger partial charge is 0.495 e. The highest BCUT2D eigenvalue weighted by atomic mass is 32.1. The smallest absolute Gasteiger partial charge is 0.243 e. The fourth-order valence-electron chi connectivity index (χ4n) is 11.5. The van der Waals surface area contributed by atoms with Gasteiger partial charge in [-0.25, -0.2) is 9.37 Å². The average Bonchev–Trinajstić information content (AvgIpc) is 4.01. The minimum atomic E-state index is -1.15. The second-order valence-corrected chi connectivity index (χ2v) is 22.9. The van der Waals surface area contributed by atoms with Crippen LogP contribution in [0.15, 0.2) is 103 Å². The van der Waals surface area contributed by atoms with E-state index >= 15 is 0 Å². The number of ether oxygens (including phenoxy) is 1. The van der Waals surface area contributed by atoms with E-state index in [0.717, 1.165) is 107 Å². The average molecular weight is 1050 g/mol. The molecule has 4 fully saturated rings. The van der Waals surface area contributed by atoms with Gasteiger partial charge >= 0.3 is 0 Å². The van der Waals surface area contributed by atoms with E-state index in [2.05, 4.69) is 68.5 Å². The number of anilines is 3. The number of piperazine rings is 1. The second kappa shape index (κ2) is 22.0. The number of aliphatic hydroxyl groups excluding tert-OH is 1. The van der Waals surface area contributed by atoms with Crippen molar-refractivity contribution in [2.24, 2.45) is 10.8 Å². The van der Waals surface area contributed by atoms with Gasteiger partial charge in [-0.1, -0.05) is 57.2 Å². The fourth-order valence-corrected chi connectivity index (χ4v) is 12.3. The number of aliphatic hydroxyl groups is 1. The molecule has 0 bridgehead atoms. The molecule has 3 atom stereocenters. The first-order chi connectivity index (χ1) is 36.6. The molecule has 76 heavy (non-hydrogen) atoms. The molecular formula is C59H68FN9O6S. The van der Waals surface area contributed by atoms with Gasteiger partial charge in [-0.3, -0.25) is 34.0 Å². The number of hydrogen-bond acceptors (Lipinski definition) is 12. The molecular weight excluding hydrogens is 982 g/mol. The van der Waals surface area contributed by atoms with Crippen LogP contribution in [0.4, 0.5) is 21.5 Å². The molecule has 3 aliphatic heterocycles. The monoisotopic (exact) mass is 1050 g/mol. The third-order valence-corrected chi connectivity index (χ3v) is 16.8. The second-order valence-electron chi connectivity index (χ2n) is 22.0. The van der Waals surface area contributed by atoms with Crippen LogP contribution in [0, 0.1) is 23.6 Å². The highest BCUT2D eigenvalue weighted by molar-refractivity contribution is 7.13. The Morgan fingerprint density at radius 1 is 0.842 bits per heavy atom. The molecule has 4 N–H and O–H groups in total. The van der Waals surface area contributed by atoms with Crippen LogP contribution in [-0.4, -0.2) is 131 Å². The Balaban J connectivity index is 0.720. The molecule has 0 spiro atoms. The Labute approximate surface area is 447 Å². The zero-order valence-corrected chi connectivity index (χ0v) is 44.8. The number of amides is 4. The van der Waals surface area contributed by atoms with Gasteiger partial charge in [0.1, 0.15) is 23.0 Å². The summed E-state index contributed by atoms with van der Waals surface area (Å²) in [6, 6.07) is 26.7. The first-order valence-electron chi connectivity index (χ1n) is 26.5. The van der Waals surface area contributed by atoms with Gasteiger partial charge in [-0.15, -0.1) is 11.3 Å². The Bertz CT molecular complexity index is 3070. The molecule has 2 aromatic heterocycles. The van der Waals surface area contributed by atoms with Gasteiger partial charge in [0.05, 0.1) is 46.5 Å². The highest BCUT2D eigenvalue weighted by Gasteiger charge is 2.56. The van der Waals surface area contributed by atoms with E-state index in [1.54, 1.807) is 23.3 Å². The minimum absolute atomic E-state index is 0.0964. The lowest BCUT2D eigenvalue weighted by Crippen LogP contribution is -2.60. The topological polar surface area (TPSA) is 173 Å². The lowest BCUT2D eigenvalue weighted by atomic mass is 9.83. The number of fused-ring (bicyclic) bond motifs is 1. The molecule has 10 rings (SSSR count). The summed E-state index contributed by atoms with van der Waals surface area (Å²) >= 11 is 1.60. The van der Waals surface area contributed by atoms with Crippen molar-refractivity contribution in [2.45, 2.75) is 97.0 Å². The number of piperidine rings is 1. The summed E-state index contributed by atoms with van der Waals surface area (Å²) in [7, 11) is 1.71. The van der Waals surface area contributed by atoms with Crippen LogP contribution in [0.3, 0.4) is 0 Å². The highest BCUT2D eigenvalue weighted by Crippen LogP contribution is 2.48. The van der Waals surface area contributed by atoms with Crippen LogP contribution >= 0.6 is 11.3 Å². The Morgan fingerprint density at radius 3 is 2.09 bits per heavy atom. The number of carbonyl (C=O) groups excluding carboxylic acids is 4. The predicted molar refractivity (Wildman–Crippen MR) is 295 cm³/mol. The summed E-state index contributed by atoms with van der Waals surface area (Å²) in [6.07, 6.45) is 4.66. The van der Waals surface area contributed by atoms with E-state index in [4.69, 9.17) is 9.72 Å². The normalized spacial score (nSPS) is 19.6. The zero-order valence-electron chi connectivity index (χ0n) is 44.0. The van der Waals surface area contributed by atoms with E-state index in [-0.39, 0.29) is 30.7 Å². The van der Waals surface area contributed by atoms with Crippen molar-refractivity contribution in [1.82, 2.24) is 30.0 Å². The maximum absolute atomic E-state index is 14.7. The number of methoxy groups -OCH3 is 1. The number of nitrogens with one attached hydrogen (secondary N) is 3. The number of β-amino-alcohol motifs (C(OH)–C–C–N with tert-alkyl or cyclic N) is 1. The van der Waals surface area contributed by atoms with Gasteiger partial charge in [0, 0.05) is 87.8 Å². The molecule has 1 aliphatic carbocycles. The number of halogens is 1. The molecule has 4 aliphatic rings. The summed E-state index contributed by atoms with van der Waals surface area (Å²) in [5.74, 6) is -0.715. The molecule has 398 valence electrons. The number of thiazole rings is 1. The van der Waals surface area contributed by atoms with E-state index in [1.165, 1.54) is 24.3 Å². The number of rotatable bonds is 15. The molecule has 4 amide bonds. The maximum atomic E-state index is 14.7. The molecule has 6 aromatic rings. The number of pyridine rings is 1. The van der Waals surface area contributed by atoms with Crippen LogP contribution in [0.2, 0.25) is 0 Å². The number of benzene rings is 4. The van der Waals surface area contributed by atoms with Gasteiger partial charge < -0.3 is 35.6 Å². The third-order valence-electron chi connectivity index (χ3n) is 15.8.